The van der Waals surface area contributed by atoms with Gasteiger partial charge in [-0.25, -0.2) is 4.68 Å². The number of unbranched alkanes of at least 4 members (excludes halogenated alkanes) is 1. The summed E-state index contributed by atoms with van der Waals surface area (Å²) in [5, 5.41) is 21.5. The molecule has 0 spiro atoms. The minimum atomic E-state index is -4.18. The van der Waals surface area contributed by atoms with Crippen molar-refractivity contribution >= 4 is 27.3 Å². The van der Waals surface area contributed by atoms with E-state index in [1.54, 1.807) is 13.0 Å². The van der Waals surface area contributed by atoms with Crippen molar-refractivity contribution in [2.45, 2.75) is 52.1 Å². The number of nitrogens with one attached hydrogen (secondary N) is 1. The first-order valence-electron chi connectivity index (χ1n) is 13.6. The lowest BCUT2D eigenvalue weighted by atomic mass is 9.84. The standard InChI is InChI=1S/C28H37N5O7S/c1-5-39-27(35)17-23(22-9-10-24-28(19(22)2)30-31-33(24)14-7-6-13-29-3)20-8-11-25(38-4)21(16-20)18-32-15-12-26(34)40-41(32,36)37/h8-12,16,23,29,34H,5-7,13-15,17-18H2,1-4H3. The molecule has 3 aromatic rings. The maximum Gasteiger partial charge on any atom is 0.388 e. The number of aromatic nitrogens is 3. The number of aliphatic hydroxyl groups is 1. The molecule has 1 aromatic heterocycles. The van der Waals surface area contributed by atoms with E-state index in [0.717, 1.165) is 58.0 Å². The van der Waals surface area contributed by atoms with Crippen LogP contribution in [-0.4, -0.2) is 72.6 Å². The van der Waals surface area contributed by atoms with E-state index in [1.807, 2.05) is 42.9 Å². The molecule has 41 heavy (non-hydrogen) atoms. The molecule has 1 aliphatic rings. The summed E-state index contributed by atoms with van der Waals surface area (Å²) in [6.45, 7) is 5.55. The van der Waals surface area contributed by atoms with Crippen LogP contribution >= 0.6 is 0 Å². The van der Waals surface area contributed by atoms with E-state index in [-0.39, 0.29) is 32.1 Å². The number of esters is 1. The molecule has 0 aliphatic carbocycles. The molecule has 0 radical (unpaired) electrons. The van der Waals surface area contributed by atoms with Gasteiger partial charge in [0.2, 0.25) is 0 Å². The molecule has 0 fully saturated rings. The fourth-order valence-electron chi connectivity index (χ4n) is 5.02. The summed E-state index contributed by atoms with van der Waals surface area (Å²) < 4.78 is 43.5. The van der Waals surface area contributed by atoms with Crippen molar-refractivity contribution in [2.24, 2.45) is 0 Å². The maximum absolute atomic E-state index is 12.8. The van der Waals surface area contributed by atoms with E-state index in [9.17, 15) is 18.3 Å². The minimum absolute atomic E-state index is 0.0604. The summed E-state index contributed by atoms with van der Waals surface area (Å²) in [7, 11) is -0.749. The predicted octanol–water partition coefficient (Wildman–Crippen LogP) is 3.31. The van der Waals surface area contributed by atoms with Crippen LogP contribution in [0.2, 0.25) is 0 Å². The Bertz CT molecular complexity index is 1520. The molecule has 1 unspecified atom stereocenters. The molecule has 0 saturated heterocycles. The molecule has 4 rings (SSSR count). The number of ether oxygens (including phenoxy) is 2. The van der Waals surface area contributed by atoms with Crippen LogP contribution in [0, 0.1) is 6.92 Å². The summed E-state index contributed by atoms with van der Waals surface area (Å²) >= 11 is 0. The van der Waals surface area contributed by atoms with Crippen LogP contribution in [0.15, 0.2) is 42.4 Å². The number of carbonyl (C=O) groups excluding carboxylic acids is 1. The van der Waals surface area contributed by atoms with Gasteiger partial charge in [0.05, 0.1) is 25.7 Å². The topological polar surface area (TPSA) is 145 Å². The Kier molecular flexibility index (Phi) is 9.84. The third kappa shape index (κ3) is 6.97. The van der Waals surface area contributed by atoms with Gasteiger partial charge in [-0.05, 0) is 69.1 Å². The van der Waals surface area contributed by atoms with Gasteiger partial charge in [0.15, 0.2) is 0 Å². The number of aliphatic hydroxyl groups excluding tert-OH is 1. The van der Waals surface area contributed by atoms with E-state index in [1.165, 1.54) is 13.2 Å². The summed E-state index contributed by atoms with van der Waals surface area (Å²) in [5.41, 5.74) is 4.85. The van der Waals surface area contributed by atoms with Crippen molar-refractivity contribution in [3.05, 3.63) is 64.6 Å². The number of carbonyl (C=O) groups is 1. The molecule has 1 aliphatic heterocycles. The van der Waals surface area contributed by atoms with Crippen LogP contribution in [-0.2, 0) is 37.1 Å². The normalized spacial score (nSPS) is 15.8. The zero-order chi connectivity index (χ0) is 29.6. The lowest BCUT2D eigenvalue weighted by Crippen LogP contribution is -2.35. The highest BCUT2D eigenvalue weighted by molar-refractivity contribution is 7.84. The number of rotatable bonds is 13. The van der Waals surface area contributed by atoms with Crippen LogP contribution in [0.3, 0.4) is 0 Å². The molecule has 2 heterocycles. The van der Waals surface area contributed by atoms with Crippen molar-refractivity contribution in [3.63, 3.8) is 0 Å². The molecular formula is C28H37N5O7S. The lowest BCUT2D eigenvalue weighted by Gasteiger charge is -2.25. The van der Waals surface area contributed by atoms with Gasteiger partial charge in [-0.1, -0.05) is 23.4 Å². The second-order valence-corrected chi connectivity index (χ2v) is 11.3. The number of methoxy groups -OCH3 is 1. The number of nitrogens with zero attached hydrogens (tertiary/aromatic N) is 4. The van der Waals surface area contributed by atoms with Gasteiger partial charge in [0, 0.05) is 37.2 Å². The Morgan fingerprint density at radius 3 is 2.76 bits per heavy atom. The third-order valence-corrected chi connectivity index (χ3v) is 8.40. The van der Waals surface area contributed by atoms with Gasteiger partial charge < -0.3 is 24.1 Å². The number of aryl methyl sites for hydroxylation is 2. The number of benzene rings is 2. The van der Waals surface area contributed by atoms with Crippen molar-refractivity contribution in [2.75, 3.05) is 33.9 Å². The van der Waals surface area contributed by atoms with Crippen LogP contribution in [0.1, 0.15) is 54.4 Å². The first kappa shape index (κ1) is 30.3. The Balaban J connectivity index is 1.72. The van der Waals surface area contributed by atoms with Crippen LogP contribution in [0.25, 0.3) is 11.0 Å². The van der Waals surface area contributed by atoms with E-state index in [4.69, 9.17) is 9.47 Å². The largest absolute Gasteiger partial charge is 0.496 e. The van der Waals surface area contributed by atoms with Crippen LogP contribution in [0.4, 0.5) is 0 Å². The van der Waals surface area contributed by atoms with Gasteiger partial charge in [-0.2, -0.15) is 12.7 Å². The maximum atomic E-state index is 12.8. The van der Waals surface area contributed by atoms with E-state index < -0.39 is 22.2 Å². The third-order valence-electron chi connectivity index (χ3n) is 7.11. The van der Waals surface area contributed by atoms with E-state index >= 15 is 0 Å². The Hall–Kier alpha value is -3.68. The summed E-state index contributed by atoms with van der Waals surface area (Å²) in [6.07, 6.45) is 3.34. The zero-order valence-electron chi connectivity index (χ0n) is 23.8. The Labute approximate surface area is 240 Å². The van der Waals surface area contributed by atoms with Gasteiger partial charge in [-0.3, -0.25) is 4.79 Å². The van der Waals surface area contributed by atoms with Crippen molar-refractivity contribution in [1.82, 2.24) is 24.6 Å². The van der Waals surface area contributed by atoms with Gasteiger partial charge in [0.1, 0.15) is 11.3 Å². The van der Waals surface area contributed by atoms with Crippen molar-refractivity contribution < 1.29 is 32.0 Å². The molecule has 0 saturated carbocycles. The molecule has 0 bridgehead atoms. The zero-order valence-corrected chi connectivity index (χ0v) is 24.6. The highest BCUT2D eigenvalue weighted by Gasteiger charge is 2.30. The first-order chi connectivity index (χ1) is 19.7. The predicted molar refractivity (Wildman–Crippen MR) is 153 cm³/mol. The van der Waals surface area contributed by atoms with Crippen LogP contribution < -0.4 is 10.1 Å². The number of hydrogen-bond acceptors (Lipinski definition) is 10. The minimum Gasteiger partial charge on any atom is -0.496 e. The van der Waals surface area contributed by atoms with Crippen molar-refractivity contribution in [3.8, 4) is 5.75 Å². The highest BCUT2D eigenvalue weighted by Crippen LogP contribution is 2.36. The number of fused-ring (bicyclic) bond motifs is 1. The monoisotopic (exact) mass is 587 g/mol. The summed E-state index contributed by atoms with van der Waals surface area (Å²) in [5.74, 6) is -0.930. The molecule has 13 heteroatoms. The van der Waals surface area contributed by atoms with E-state index in [0.29, 0.717) is 11.3 Å². The van der Waals surface area contributed by atoms with Gasteiger partial charge in [-0.15, -0.1) is 5.10 Å². The smallest absolute Gasteiger partial charge is 0.388 e. The molecule has 2 aromatic carbocycles. The SMILES string of the molecule is CCOC(=O)CC(c1ccc(OC)c(CN2CC=C(O)OS2(=O)=O)c1)c1ccc2c(nnn2CCCCNC)c1C. The Morgan fingerprint density at radius 2 is 2.05 bits per heavy atom. The molecule has 12 nitrogen and oxygen atoms in total. The Morgan fingerprint density at radius 1 is 1.24 bits per heavy atom. The van der Waals surface area contributed by atoms with Gasteiger partial charge in [0.25, 0.3) is 5.95 Å². The van der Waals surface area contributed by atoms with Crippen molar-refractivity contribution in [1.29, 1.82) is 0 Å². The highest BCUT2D eigenvalue weighted by atomic mass is 32.2. The molecular weight excluding hydrogens is 550 g/mol. The number of hydrogen-bond donors (Lipinski definition) is 2. The molecule has 222 valence electrons. The lowest BCUT2D eigenvalue weighted by molar-refractivity contribution is -0.143. The average molecular weight is 588 g/mol. The molecule has 1 atom stereocenters. The van der Waals surface area contributed by atoms with E-state index in [2.05, 4.69) is 19.8 Å². The van der Waals surface area contributed by atoms with Gasteiger partial charge >= 0.3 is 16.3 Å². The second kappa shape index (κ2) is 13.3. The van der Waals surface area contributed by atoms with Crippen LogP contribution in [0.5, 0.6) is 5.75 Å². The molecule has 0 amide bonds. The first-order valence-corrected chi connectivity index (χ1v) is 14.9. The summed E-state index contributed by atoms with van der Waals surface area (Å²) in [6, 6.07) is 9.42. The summed E-state index contributed by atoms with van der Waals surface area (Å²) in [4.78, 5) is 12.8. The fraction of sp³-hybridized carbons (Fsp3) is 0.464. The fourth-order valence-corrected chi connectivity index (χ4v) is 5.96. The second-order valence-electron chi connectivity index (χ2n) is 9.78. The average Bonchev–Trinajstić information content (AvgIpc) is 3.35. The quantitative estimate of drug-likeness (QED) is 0.226. The molecule has 2 N–H and O–H groups in total.